The van der Waals surface area contributed by atoms with Crippen LogP contribution in [0.15, 0.2) is 36.4 Å². The van der Waals surface area contributed by atoms with Gasteiger partial charge in [0.05, 0.1) is 0 Å². The molecule has 0 aromatic heterocycles. The highest BCUT2D eigenvalue weighted by atomic mass is 16.3. The maximum absolute atomic E-state index is 12.4. The van der Waals surface area contributed by atoms with Gasteiger partial charge in [-0.2, -0.15) is 0 Å². The molecule has 0 atom stereocenters. The van der Waals surface area contributed by atoms with E-state index < -0.39 is 0 Å². The Kier molecular flexibility index (Phi) is 5.53. The fraction of sp³-hybridized carbons (Fsp3) is 0.391. The van der Waals surface area contributed by atoms with Crippen LogP contribution in [0.4, 0.5) is 17.1 Å². The van der Waals surface area contributed by atoms with Gasteiger partial charge in [0.2, 0.25) is 5.91 Å². The van der Waals surface area contributed by atoms with Crippen molar-refractivity contribution in [3.05, 3.63) is 53.1 Å². The van der Waals surface area contributed by atoms with Crippen molar-refractivity contribution in [3.8, 4) is 0 Å². The molecule has 2 aliphatic rings. The minimum absolute atomic E-state index is 0.0246. The smallest absolute Gasteiger partial charge is 0.254 e. The van der Waals surface area contributed by atoms with Gasteiger partial charge in [-0.3, -0.25) is 9.59 Å². The highest BCUT2D eigenvalue weighted by molar-refractivity contribution is 5.99. The molecule has 29 heavy (non-hydrogen) atoms. The first kappa shape index (κ1) is 19.5. The predicted molar refractivity (Wildman–Crippen MR) is 113 cm³/mol. The molecule has 3 N–H and O–H groups in total. The standard InChI is InChI=1S/C23H27N3O3/c1-15-3-6-19(25-22(28)11-16-4-5-16)13-21(15)24-18-7-8-20-17(12-18)14-26(23(20)29)9-2-10-27/h3,6-8,12-13,16,24,27H,2,4-5,9-11,14H2,1H3,(H,25,28). The summed E-state index contributed by atoms with van der Waals surface area (Å²) in [4.78, 5) is 26.3. The zero-order valence-corrected chi connectivity index (χ0v) is 16.7. The van der Waals surface area contributed by atoms with Crippen molar-refractivity contribution < 1.29 is 14.7 Å². The number of anilines is 3. The monoisotopic (exact) mass is 393 g/mol. The lowest BCUT2D eigenvalue weighted by Gasteiger charge is -2.14. The Labute approximate surface area is 170 Å². The Bertz CT molecular complexity index is 937. The highest BCUT2D eigenvalue weighted by Crippen LogP contribution is 2.33. The SMILES string of the molecule is Cc1ccc(NC(=O)CC2CC2)cc1Nc1ccc2c(c1)CN(CCCO)C2=O. The van der Waals surface area contributed by atoms with E-state index in [1.54, 1.807) is 4.90 Å². The summed E-state index contributed by atoms with van der Waals surface area (Å²) < 4.78 is 0. The van der Waals surface area contributed by atoms with Gasteiger partial charge in [-0.15, -0.1) is 0 Å². The molecule has 2 aromatic rings. The molecule has 1 aliphatic heterocycles. The van der Waals surface area contributed by atoms with Gasteiger partial charge in [-0.05, 0) is 73.6 Å². The second-order valence-electron chi connectivity index (χ2n) is 8.03. The van der Waals surface area contributed by atoms with Crippen LogP contribution in [0, 0.1) is 12.8 Å². The Balaban J connectivity index is 1.46. The molecule has 4 rings (SSSR count). The number of amides is 2. The van der Waals surface area contributed by atoms with Gasteiger partial charge in [0.15, 0.2) is 0 Å². The molecule has 1 fully saturated rings. The lowest BCUT2D eigenvalue weighted by Crippen LogP contribution is -2.25. The second-order valence-corrected chi connectivity index (χ2v) is 8.03. The number of hydrogen-bond donors (Lipinski definition) is 3. The molecule has 0 saturated heterocycles. The molecule has 6 nitrogen and oxygen atoms in total. The Morgan fingerprint density at radius 1 is 1.17 bits per heavy atom. The van der Waals surface area contributed by atoms with Gasteiger partial charge < -0.3 is 20.6 Å². The highest BCUT2D eigenvalue weighted by Gasteiger charge is 2.27. The van der Waals surface area contributed by atoms with Gasteiger partial charge in [0.1, 0.15) is 0 Å². The van der Waals surface area contributed by atoms with Gasteiger partial charge in [0.25, 0.3) is 5.91 Å². The van der Waals surface area contributed by atoms with Gasteiger partial charge in [-0.1, -0.05) is 6.07 Å². The molecule has 0 bridgehead atoms. The number of aliphatic hydroxyl groups excluding tert-OH is 1. The van der Waals surface area contributed by atoms with Crippen molar-refractivity contribution in [1.82, 2.24) is 4.90 Å². The third-order valence-electron chi connectivity index (χ3n) is 5.54. The van der Waals surface area contributed by atoms with Crippen molar-refractivity contribution in [2.45, 2.75) is 39.2 Å². The number of hydrogen-bond acceptors (Lipinski definition) is 4. The van der Waals surface area contributed by atoms with E-state index in [1.807, 2.05) is 43.3 Å². The van der Waals surface area contributed by atoms with E-state index in [2.05, 4.69) is 10.6 Å². The predicted octanol–water partition coefficient (Wildman–Crippen LogP) is 3.82. The second kappa shape index (κ2) is 8.25. The molecule has 152 valence electrons. The molecular weight excluding hydrogens is 366 g/mol. The van der Waals surface area contributed by atoms with Crippen molar-refractivity contribution in [1.29, 1.82) is 0 Å². The fourth-order valence-corrected chi connectivity index (χ4v) is 3.69. The first-order valence-electron chi connectivity index (χ1n) is 10.2. The summed E-state index contributed by atoms with van der Waals surface area (Å²) in [5, 5.41) is 15.4. The topological polar surface area (TPSA) is 81.7 Å². The minimum Gasteiger partial charge on any atom is -0.396 e. The van der Waals surface area contributed by atoms with E-state index in [-0.39, 0.29) is 18.4 Å². The van der Waals surface area contributed by atoms with Crippen LogP contribution in [0.1, 0.15) is 47.2 Å². The summed E-state index contributed by atoms with van der Waals surface area (Å²) in [6.45, 7) is 3.24. The lowest BCUT2D eigenvalue weighted by atomic mass is 10.1. The fourth-order valence-electron chi connectivity index (χ4n) is 3.69. The lowest BCUT2D eigenvalue weighted by molar-refractivity contribution is -0.116. The van der Waals surface area contributed by atoms with Crippen LogP contribution in [-0.2, 0) is 11.3 Å². The largest absolute Gasteiger partial charge is 0.396 e. The van der Waals surface area contributed by atoms with Crippen LogP contribution < -0.4 is 10.6 Å². The quantitative estimate of drug-likeness (QED) is 0.637. The maximum Gasteiger partial charge on any atom is 0.254 e. The number of nitrogens with one attached hydrogen (secondary N) is 2. The van der Waals surface area contributed by atoms with Crippen LogP contribution in [0.2, 0.25) is 0 Å². The number of carbonyl (C=O) groups excluding carboxylic acids is 2. The number of fused-ring (bicyclic) bond motifs is 1. The normalized spacial score (nSPS) is 15.4. The van der Waals surface area contributed by atoms with Gasteiger partial charge >= 0.3 is 0 Å². The Morgan fingerprint density at radius 2 is 1.97 bits per heavy atom. The Hall–Kier alpha value is -2.86. The Morgan fingerprint density at radius 3 is 2.72 bits per heavy atom. The summed E-state index contributed by atoms with van der Waals surface area (Å²) >= 11 is 0. The van der Waals surface area contributed by atoms with E-state index in [4.69, 9.17) is 5.11 Å². The van der Waals surface area contributed by atoms with Crippen LogP contribution >= 0.6 is 0 Å². The van der Waals surface area contributed by atoms with Crippen LogP contribution in [0.25, 0.3) is 0 Å². The summed E-state index contributed by atoms with van der Waals surface area (Å²) in [6, 6.07) is 11.6. The third kappa shape index (κ3) is 4.59. The van der Waals surface area contributed by atoms with Crippen molar-refractivity contribution in [3.63, 3.8) is 0 Å². The molecule has 2 aromatic carbocycles. The first-order valence-corrected chi connectivity index (χ1v) is 10.2. The molecule has 0 spiro atoms. The molecule has 1 saturated carbocycles. The molecule has 0 unspecified atom stereocenters. The number of aryl methyl sites for hydroxylation is 1. The van der Waals surface area contributed by atoms with E-state index in [1.165, 1.54) is 0 Å². The molecular formula is C23H27N3O3. The molecule has 2 amide bonds. The van der Waals surface area contributed by atoms with Crippen LogP contribution in [0.3, 0.4) is 0 Å². The first-order chi connectivity index (χ1) is 14.0. The van der Waals surface area contributed by atoms with Gasteiger partial charge in [0, 0.05) is 48.7 Å². The van der Waals surface area contributed by atoms with E-state index >= 15 is 0 Å². The average Bonchev–Trinajstić information content (AvgIpc) is 3.45. The molecule has 1 heterocycles. The number of aliphatic hydroxyl groups is 1. The summed E-state index contributed by atoms with van der Waals surface area (Å²) in [5.74, 6) is 0.655. The number of benzene rings is 2. The van der Waals surface area contributed by atoms with Crippen molar-refractivity contribution in [2.75, 3.05) is 23.8 Å². The summed E-state index contributed by atoms with van der Waals surface area (Å²) in [7, 11) is 0. The molecule has 1 aliphatic carbocycles. The zero-order valence-electron chi connectivity index (χ0n) is 16.7. The maximum atomic E-state index is 12.4. The summed E-state index contributed by atoms with van der Waals surface area (Å²) in [6.07, 6.45) is 3.50. The molecule has 0 radical (unpaired) electrons. The number of nitrogens with zero attached hydrogens (tertiary/aromatic N) is 1. The van der Waals surface area contributed by atoms with Crippen molar-refractivity contribution >= 4 is 28.9 Å². The average molecular weight is 393 g/mol. The van der Waals surface area contributed by atoms with Crippen LogP contribution in [-0.4, -0.2) is 35.0 Å². The van der Waals surface area contributed by atoms with E-state index in [0.717, 1.165) is 46.6 Å². The minimum atomic E-state index is 0.0246. The van der Waals surface area contributed by atoms with E-state index in [9.17, 15) is 9.59 Å². The van der Waals surface area contributed by atoms with Crippen LogP contribution in [0.5, 0.6) is 0 Å². The molecule has 6 heteroatoms. The number of carbonyl (C=O) groups is 2. The third-order valence-corrected chi connectivity index (χ3v) is 5.54. The van der Waals surface area contributed by atoms with Crippen molar-refractivity contribution in [2.24, 2.45) is 5.92 Å². The zero-order chi connectivity index (χ0) is 20.4. The summed E-state index contributed by atoms with van der Waals surface area (Å²) in [5.41, 5.74) is 5.41. The number of rotatable bonds is 8. The van der Waals surface area contributed by atoms with E-state index in [0.29, 0.717) is 31.8 Å². The van der Waals surface area contributed by atoms with Gasteiger partial charge in [-0.25, -0.2) is 0 Å².